The smallest absolute Gasteiger partial charge is 0.255 e. The summed E-state index contributed by atoms with van der Waals surface area (Å²) in [7, 11) is 1.60. The molecule has 0 bridgehead atoms. The predicted octanol–water partition coefficient (Wildman–Crippen LogP) is 2.62. The molecule has 1 amide bonds. The molecule has 0 atom stereocenters. The Balaban J connectivity index is 1.91. The molecule has 0 saturated carbocycles. The van der Waals surface area contributed by atoms with Crippen molar-refractivity contribution in [3.63, 3.8) is 0 Å². The molecule has 0 aliphatic heterocycles. The van der Waals surface area contributed by atoms with E-state index < -0.39 is 11.7 Å². The minimum Gasteiger partial charge on any atom is -0.497 e. The molecule has 2 aromatic carbocycles. The highest BCUT2D eigenvalue weighted by atomic mass is 19.1. The van der Waals surface area contributed by atoms with Crippen molar-refractivity contribution < 1.29 is 13.9 Å². The van der Waals surface area contributed by atoms with Gasteiger partial charge >= 0.3 is 0 Å². The van der Waals surface area contributed by atoms with Crippen molar-refractivity contribution >= 4 is 5.91 Å². The second-order valence-electron chi connectivity index (χ2n) is 4.19. The normalized spacial score (nSPS) is 9.43. The van der Waals surface area contributed by atoms with E-state index in [1.165, 1.54) is 18.2 Å². The number of methoxy groups -OCH3 is 1. The third kappa shape index (κ3) is 4.08. The van der Waals surface area contributed by atoms with E-state index in [4.69, 9.17) is 4.74 Å². The number of hydrogen-bond acceptors (Lipinski definition) is 2. The summed E-state index contributed by atoms with van der Waals surface area (Å²) in [6, 6.07) is 13.1. The Morgan fingerprint density at radius 2 is 1.90 bits per heavy atom. The Hall–Kier alpha value is -2.80. The van der Waals surface area contributed by atoms with Gasteiger partial charge in [-0.3, -0.25) is 4.79 Å². The van der Waals surface area contributed by atoms with Crippen LogP contribution in [0.15, 0.2) is 48.5 Å². The fourth-order valence-corrected chi connectivity index (χ4v) is 1.69. The fourth-order valence-electron chi connectivity index (χ4n) is 1.69. The first kappa shape index (κ1) is 14.6. The number of amides is 1. The van der Waals surface area contributed by atoms with Crippen molar-refractivity contribution in [2.75, 3.05) is 13.7 Å². The lowest BCUT2D eigenvalue weighted by Crippen LogP contribution is -2.24. The minimum absolute atomic E-state index is 0.0174. The third-order valence-corrected chi connectivity index (χ3v) is 2.78. The van der Waals surface area contributed by atoms with Gasteiger partial charge in [0.25, 0.3) is 5.91 Å². The maximum Gasteiger partial charge on any atom is 0.255 e. The zero-order valence-electron chi connectivity index (χ0n) is 11.5. The van der Waals surface area contributed by atoms with E-state index in [2.05, 4.69) is 17.2 Å². The second kappa shape index (κ2) is 7.11. The topological polar surface area (TPSA) is 38.3 Å². The van der Waals surface area contributed by atoms with Crippen LogP contribution in [0.1, 0.15) is 15.9 Å². The number of benzene rings is 2. The average molecular weight is 283 g/mol. The van der Waals surface area contributed by atoms with Crippen LogP contribution in [0.2, 0.25) is 0 Å². The molecule has 0 radical (unpaired) electrons. The largest absolute Gasteiger partial charge is 0.497 e. The van der Waals surface area contributed by atoms with Crippen LogP contribution in [-0.2, 0) is 0 Å². The molecule has 0 saturated heterocycles. The first-order valence-electron chi connectivity index (χ1n) is 6.36. The standard InChI is InChI=1S/C17H14FNO2/c1-21-14-10-8-13(9-11-14)5-4-12-19-17(20)15-6-2-3-7-16(15)18/h2-3,6-11H,12H2,1H3,(H,19,20). The molecule has 0 aliphatic rings. The summed E-state index contributed by atoms with van der Waals surface area (Å²) >= 11 is 0. The fraction of sp³-hybridized carbons (Fsp3) is 0.118. The van der Waals surface area contributed by atoms with Gasteiger partial charge in [0.2, 0.25) is 0 Å². The molecular formula is C17H14FNO2. The van der Waals surface area contributed by atoms with Gasteiger partial charge in [-0.15, -0.1) is 0 Å². The Kier molecular flexibility index (Phi) is 4.94. The van der Waals surface area contributed by atoms with Crippen molar-refractivity contribution in [1.29, 1.82) is 0 Å². The molecule has 0 aromatic heterocycles. The Morgan fingerprint density at radius 1 is 1.19 bits per heavy atom. The quantitative estimate of drug-likeness (QED) is 0.879. The molecule has 2 rings (SSSR count). The summed E-state index contributed by atoms with van der Waals surface area (Å²) in [6.45, 7) is 0.152. The van der Waals surface area contributed by atoms with Crippen molar-refractivity contribution in [3.8, 4) is 17.6 Å². The summed E-state index contributed by atoms with van der Waals surface area (Å²) in [4.78, 5) is 11.7. The molecule has 106 valence electrons. The van der Waals surface area contributed by atoms with E-state index >= 15 is 0 Å². The Bertz CT molecular complexity index is 684. The molecular weight excluding hydrogens is 269 g/mol. The van der Waals surface area contributed by atoms with Gasteiger partial charge < -0.3 is 10.1 Å². The zero-order chi connectivity index (χ0) is 15.1. The molecule has 4 heteroatoms. The lowest BCUT2D eigenvalue weighted by Gasteiger charge is -2.02. The van der Waals surface area contributed by atoms with E-state index in [0.717, 1.165) is 11.3 Å². The van der Waals surface area contributed by atoms with Crippen LogP contribution in [0.4, 0.5) is 4.39 Å². The molecule has 0 unspecified atom stereocenters. The summed E-state index contributed by atoms with van der Waals surface area (Å²) in [5, 5.41) is 2.56. The molecule has 3 nitrogen and oxygen atoms in total. The summed E-state index contributed by atoms with van der Waals surface area (Å²) in [6.07, 6.45) is 0. The maximum atomic E-state index is 13.4. The Morgan fingerprint density at radius 3 is 2.57 bits per heavy atom. The van der Waals surface area contributed by atoms with Crippen LogP contribution in [0, 0.1) is 17.7 Å². The molecule has 1 N–H and O–H groups in total. The first-order chi connectivity index (χ1) is 10.2. The second-order valence-corrected chi connectivity index (χ2v) is 4.19. The van der Waals surface area contributed by atoms with Gasteiger partial charge in [-0.05, 0) is 36.4 Å². The summed E-state index contributed by atoms with van der Waals surface area (Å²) in [5.74, 6) is 5.46. The van der Waals surface area contributed by atoms with Crippen molar-refractivity contribution in [1.82, 2.24) is 5.32 Å². The summed E-state index contributed by atoms with van der Waals surface area (Å²) in [5.41, 5.74) is 0.833. The van der Waals surface area contributed by atoms with E-state index in [1.807, 2.05) is 24.3 Å². The lowest BCUT2D eigenvalue weighted by atomic mass is 10.2. The highest BCUT2D eigenvalue weighted by molar-refractivity contribution is 5.94. The monoisotopic (exact) mass is 283 g/mol. The van der Waals surface area contributed by atoms with Gasteiger partial charge in [0, 0.05) is 5.56 Å². The number of halogens is 1. The molecule has 0 heterocycles. The van der Waals surface area contributed by atoms with E-state index in [-0.39, 0.29) is 12.1 Å². The van der Waals surface area contributed by atoms with Crippen LogP contribution in [0.3, 0.4) is 0 Å². The molecule has 0 spiro atoms. The SMILES string of the molecule is COc1ccc(C#CCNC(=O)c2ccccc2F)cc1. The van der Waals surface area contributed by atoms with E-state index in [9.17, 15) is 9.18 Å². The molecule has 2 aromatic rings. The van der Waals surface area contributed by atoms with Gasteiger partial charge in [0.15, 0.2) is 0 Å². The number of nitrogens with one attached hydrogen (secondary N) is 1. The van der Waals surface area contributed by atoms with Crippen molar-refractivity contribution in [3.05, 3.63) is 65.5 Å². The van der Waals surface area contributed by atoms with Gasteiger partial charge in [0.05, 0.1) is 19.2 Å². The highest BCUT2D eigenvalue weighted by Crippen LogP contribution is 2.10. The van der Waals surface area contributed by atoms with Gasteiger partial charge in [-0.2, -0.15) is 0 Å². The van der Waals surface area contributed by atoms with E-state index in [0.29, 0.717) is 0 Å². The summed E-state index contributed by atoms with van der Waals surface area (Å²) < 4.78 is 18.4. The van der Waals surface area contributed by atoms with Crippen molar-refractivity contribution in [2.45, 2.75) is 0 Å². The van der Waals surface area contributed by atoms with Gasteiger partial charge in [-0.1, -0.05) is 24.0 Å². The highest BCUT2D eigenvalue weighted by Gasteiger charge is 2.08. The number of hydrogen-bond donors (Lipinski definition) is 1. The van der Waals surface area contributed by atoms with Gasteiger partial charge in [0.1, 0.15) is 11.6 Å². The minimum atomic E-state index is -0.543. The number of carbonyl (C=O) groups excluding carboxylic acids is 1. The number of rotatable bonds is 3. The third-order valence-electron chi connectivity index (χ3n) is 2.78. The Labute approximate surface area is 122 Å². The lowest BCUT2D eigenvalue weighted by molar-refractivity contribution is 0.0954. The molecule has 0 aliphatic carbocycles. The zero-order valence-corrected chi connectivity index (χ0v) is 11.5. The first-order valence-corrected chi connectivity index (χ1v) is 6.36. The van der Waals surface area contributed by atoms with Crippen LogP contribution < -0.4 is 10.1 Å². The van der Waals surface area contributed by atoms with Crippen LogP contribution in [0.5, 0.6) is 5.75 Å². The van der Waals surface area contributed by atoms with E-state index in [1.54, 1.807) is 13.2 Å². The van der Waals surface area contributed by atoms with Gasteiger partial charge in [-0.25, -0.2) is 4.39 Å². The van der Waals surface area contributed by atoms with Crippen LogP contribution in [0.25, 0.3) is 0 Å². The van der Waals surface area contributed by atoms with Crippen LogP contribution >= 0.6 is 0 Å². The maximum absolute atomic E-state index is 13.4. The predicted molar refractivity (Wildman–Crippen MR) is 78.6 cm³/mol. The molecule has 21 heavy (non-hydrogen) atoms. The van der Waals surface area contributed by atoms with Crippen molar-refractivity contribution in [2.24, 2.45) is 0 Å². The average Bonchev–Trinajstić information content (AvgIpc) is 2.52. The number of ether oxygens (including phenoxy) is 1. The van der Waals surface area contributed by atoms with Crippen LogP contribution in [-0.4, -0.2) is 19.6 Å². The molecule has 0 fully saturated rings. The number of carbonyl (C=O) groups is 1.